The van der Waals surface area contributed by atoms with Crippen molar-refractivity contribution in [3.8, 4) is 0 Å². The first kappa shape index (κ1) is 22.8. The highest BCUT2D eigenvalue weighted by atomic mass is 16.3. The van der Waals surface area contributed by atoms with Crippen molar-refractivity contribution in [1.82, 2.24) is 0 Å². The first-order valence-corrected chi connectivity index (χ1v) is 12.2. The van der Waals surface area contributed by atoms with Crippen LogP contribution >= 0.6 is 0 Å². The van der Waals surface area contributed by atoms with Gasteiger partial charge < -0.3 is 10.2 Å². The summed E-state index contributed by atoms with van der Waals surface area (Å²) < 4.78 is 0. The van der Waals surface area contributed by atoms with E-state index < -0.39 is 12.2 Å². The molecule has 29 heavy (non-hydrogen) atoms. The van der Waals surface area contributed by atoms with Crippen molar-refractivity contribution < 1.29 is 10.2 Å². The van der Waals surface area contributed by atoms with E-state index in [0.29, 0.717) is 24.2 Å². The summed E-state index contributed by atoms with van der Waals surface area (Å²) in [5, 5.41) is 20.2. The number of rotatable bonds is 6. The highest BCUT2D eigenvalue weighted by molar-refractivity contribution is 5.38. The molecule has 3 fully saturated rings. The number of allylic oxidation sites excluding steroid dienone is 3. The highest BCUT2D eigenvalue weighted by Gasteiger charge is 2.50. The lowest BCUT2D eigenvalue weighted by Crippen LogP contribution is -2.36. The Labute approximate surface area is 179 Å². The van der Waals surface area contributed by atoms with Crippen LogP contribution in [0.15, 0.2) is 35.5 Å². The fraction of sp³-hybridized carbons (Fsp3) is 0.778. The van der Waals surface area contributed by atoms with Gasteiger partial charge in [-0.3, -0.25) is 0 Å². The molecule has 2 heteroatoms. The molecule has 0 heterocycles. The number of fused-ring (bicyclic) bond motifs is 1. The van der Waals surface area contributed by atoms with Gasteiger partial charge in [0.15, 0.2) is 0 Å². The Balaban J connectivity index is 1.71. The Morgan fingerprint density at radius 1 is 1.14 bits per heavy atom. The topological polar surface area (TPSA) is 40.5 Å². The number of hydrogen-bond acceptors (Lipinski definition) is 2. The molecule has 164 valence electrons. The Morgan fingerprint density at radius 3 is 2.62 bits per heavy atom. The standard InChI is InChI=1S/C27H44O2/c1-18(2)8-6-9-19(3)24-13-14-25-21(10-7-15-27(24,25)5)11-12-22-16-23(28)17-26(29)20(22)4/h11-12,18-19,23-26,28-29H,4,6-10,13-17H2,1-3,5H3/b21-11+,22-12-/t19-,23-,24-,25?,26+,27?/m1/s1. The minimum Gasteiger partial charge on any atom is -0.393 e. The van der Waals surface area contributed by atoms with Gasteiger partial charge in [-0.05, 0) is 78.8 Å². The molecule has 3 rings (SSSR count). The first-order chi connectivity index (χ1) is 13.7. The monoisotopic (exact) mass is 400 g/mol. The van der Waals surface area contributed by atoms with E-state index in [-0.39, 0.29) is 0 Å². The SMILES string of the molecule is C=C1/C(=C\C=C2/CCCC3(C)C2CC[C@@H]3[C@H](C)CCCC(C)C)C[C@@H](O)C[C@@H]1O. The molecule has 2 unspecified atom stereocenters. The Morgan fingerprint density at radius 2 is 1.90 bits per heavy atom. The van der Waals surface area contributed by atoms with Crippen molar-refractivity contribution in [2.24, 2.45) is 29.1 Å². The molecule has 3 aliphatic carbocycles. The molecular weight excluding hydrogens is 356 g/mol. The third kappa shape index (κ3) is 5.07. The van der Waals surface area contributed by atoms with E-state index in [2.05, 4.69) is 46.4 Å². The van der Waals surface area contributed by atoms with Gasteiger partial charge in [-0.15, -0.1) is 0 Å². The molecule has 0 amide bonds. The Hall–Kier alpha value is -0.860. The average molecular weight is 401 g/mol. The van der Waals surface area contributed by atoms with Gasteiger partial charge in [-0.25, -0.2) is 0 Å². The van der Waals surface area contributed by atoms with Gasteiger partial charge in [0.05, 0.1) is 12.2 Å². The largest absolute Gasteiger partial charge is 0.393 e. The third-order valence-corrected chi connectivity index (χ3v) is 8.43. The van der Waals surface area contributed by atoms with E-state index in [1.54, 1.807) is 5.57 Å². The van der Waals surface area contributed by atoms with Crippen molar-refractivity contribution in [3.05, 3.63) is 35.5 Å². The lowest BCUT2D eigenvalue weighted by molar-refractivity contribution is 0.0861. The summed E-state index contributed by atoms with van der Waals surface area (Å²) in [6, 6.07) is 0. The molecule has 0 bridgehead atoms. The molecule has 0 aromatic heterocycles. The fourth-order valence-corrected chi connectivity index (χ4v) is 6.73. The molecule has 2 nitrogen and oxygen atoms in total. The zero-order valence-corrected chi connectivity index (χ0v) is 19.3. The van der Waals surface area contributed by atoms with Crippen molar-refractivity contribution in [1.29, 1.82) is 0 Å². The zero-order chi connectivity index (χ0) is 21.2. The molecule has 3 aliphatic rings. The van der Waals surface area contributed by atoms with Crippen LogP contribution in [0.3, 0.4) is 0 Å². The third-order valence-electron chi connectivity index (χ3n) is 8.43. The van der Waals surface area contributed by atoms with E-state index in [0.717, 1.165) is 28.9 Å². The molecule has 2 N–H and O–H groups in total. The number of hydrogen-bond donors (Lipinski definition) is 2. The molecule has 6 atom stereocenters. The normalized spacial score (nSPS) is 39.3. The second-order valence-corrected chi connectivity index (χ2v) is 11.0. The summed E-state index contributed by atoms with van der Waals surface area (Å²) in [7, 11) is 0. The minimum atomic E-state index is -0.595. The molecule has 0 radical (unpaired) electrons. The highest BCUT2D eigenvalue weighted by Crippen LogP contribution is 2.59. The van der Waals surface area contributed by atoms with E-state index in [1.165, 1.54) is 51.4 Å². The van der Waals surface area contributed by atoms with Crippen LogP contribution in [0.2, 0.25) is 0 Å². The van der Waals surface area contributed by atoms with Gasteiger partial charge in [0.1, 0.15) is 0 Å². The molecule has 0 spiro atoms. The van der Waals surface area contributed by atoms with Crippen molar-refractivity contribution >= 4 is 0 Å². The Bertz CT molecular complexity index is 643. The van der Waals surface area contributed by atoms with E-state index in [1.807, 2.05) is 0 Å². The van der Waals surface area contributed by atoms with Crippen LogP contribution in [0.25, 0.3) is 0 Å². The van der Waals surface area contributed by atoms with Gasteiger partial charge in [0.25, 0.3) is 0 Å². The molecule has 3 saturated carbocycles. The predicted octanol–water partition coefficient (Wildman–Crippen LogP) is 6.59. The lowest BCUT2D eigenvalue weighted by atomic mass is 9.60. The summed E-state index contributed by atoms with van der Waals surface area (Å²) in [5.74, 6) is 3.20. The fourth-order valence-electron chi connectivity index (χ4n) is 6.73. The maximum absolute atomic E-state index is 10.1. The van der Waals surface area contributed by atoms with Crippen LogP contribution in [-0.2, 0) is 0 Å². The summed E-state index contributed by atoms with van der Waals surface area (Å²) in [6.45, 7) is 13.8. The summed E-state index contributed by atoms with van der Waals surface area (Å²) in [4.78, 5) is 0. The van der Waals surface area contributed by atoms with Gasteiger partial charge >= 0.3 is 0 Å². The molecule has 0 aromatic rings. The van der Waals surface area contributed by atoms with Crippen LogP contribution in [0.5, 0.6) is 0 Å². The maximum atomic E-state index is 10.1. The van der Waals surface area contributed by atoms with Crippen LogP contribution < -0.4 is 0 Å². The van der Waals surface area contributed by atoms with E-state index in [4.69, 9.17) is 0 Å². The van der Waals surface area contributed by atoms with Crippen LogP contribution in [0, 0.1) is 29.1 Å². The maximum Gasteiger partial charge on any atom is 0.0811 e. The number of aliphatic hydroxyl groups excluding tert-OH is 2. The second kappa shape index (κ2) is 9.52. The van der Waals surface area contributed by atoms with Crippen molar-refractivity contribution in [3.63, 3.8) is 0 Å². The first-order valence-electron chi connectivity index (χ1n) is 12.2. The van der Waals surface area contributed by atoms with Crippen molar-refractivity contribution in [2.75, 3.05) is 0 Å². The van der Waals surface area contributed by atoms with E-state index >= 15 is 0 Å². The Kier molecular flexibility index (Phi) is 7.49. The molecule has 0 aromatic carbocycles. The summed E-state index contributed by atoms with van der Waals surface area (Å²) in [5.41, 5.74) is 3.88. The minimum absolute atomic E-state index is 0.420. The van der Waals surface area contributed by atoms with Crippen LogP contribution in [-0.4, -0.2) is 22.4 Å². The second-order valence-electron chi connectivity index (χ2n) is 11.0. The van der Waals surface area contributed by atoms with Gasteiger partial charge in [0, 0.05) is 6.42 Å². The lowest BCUT2D eigenvalue weighted by Gasteiger charge is -2.44. The average Bonchev–Trinajstić information content (AvgIpc) is 3.00. The van der Waals surface area contributed by atoms with Gasteiger partial charge in [0.2, 0.25) is 0 Å². The molecule has 0 saturated heterocycles. The van der Waals surface area contributed by atoms with Crippen LogP contribution in [0.4, 0.5) is 0 Å². The molecule has 0 aliphatic heterocycles. The quantitative estimate of drug-likeness (QED) is 0.528. The van der Waals surface area contributed by atoms with Gasteiger partial charge in [-0.1, -0.05) is 71.3 Å². The molecular formula is C27H44O2. The predicted molar refractivity (Wildman–Crippen MR) is 123 cm³/mol. The smallest absolute Gasteiger partial charge is 0.0811 e. The summed E-state index contributed by atoms with van der Waals surface area (Å²) >= 11 is 0. The zero-order valence-electron chi connectivity index (χ0n) is 19.3. The van der Waals surface area contributed by atoms with E-state index in [9.17, 15) is 10.2 Å². The van der Waals surface area contributed by atoms with Gasteiger partial charge in [-0.2, -0.15) is 0 Å². The van der Waals surface area contributed by atoms with Crippen molar-refractivity contribution in [2.45, 2.75) is 104 Å². The summed E-state index contributed by atoms with van der Waals surface area (Å²) in [6.07, 6.45) is 15.2. The number of aliphatic hydroxyl groups is 2. The van der Waals surface area contributed by atoms with Crippen LogP contribution in [0.1, 0.15) is 91.9 Å².